The molecule has 0 heterocycles. The van der Waals surface area contributed by atoms with Crippen molar-refractivity contribution in [3.63, 3.8) is 0 Å². The molecule has 0 fully saturated rings. The second kappa shape index (κ2) is 7.92. The van der Waals surface area contributed by atoms with E-state index in [0.717, 1.165) is 0 Å². The van der Waals surface area contributed by atoms with E-state index in [0.29, 0.717) is 0 Å². The van der Waals surface area contributed by atoms with Crippen molar-refractivity contribution in [2.24, 2.45) is 5.92 Å². The highest BCUT2D eigenvalue weighted by molar-refractivity contribution is 5.86. The fraction of sp³-hybridized carbons (Fsp3) is 0.636. The van der Waals surface area contributed by atoms with E-state index in [1.165, 1.54) is 4.90 Å². The number of carbonyl (C=O) groups excluding carboxylic acids is 1. The van der Waals surface area contributed by atoms with Crippen molar-refractivity contribution in [2.75, 3.05) is 13.1 Å². The summed E-state index contributed by atoms with van der Waals surface area (Å²) in [5.41, 5.74) is 0. The first-order valence-electron chi connectivity index (χ1n) is 5.71. The van der Waals surface area contributed by atoms with E-state index in [1.807, 2.05) is 6.07 Å². The zero-order valence-electron chi connectivity index (χ0n) is 10.8. The van der Waals surface area contributed by atoms with E-state index < -0.39 is 36.4 Å². The van der Waals surface area contributed by atoms with Crippen LogP contribution in [0.15, 0.2) is 0 Å². The molecule has 0 rings (SSSR count). The molecule has 8 heteroatoms. The molecule has 0 spiro atoms. The van der Waals surface area contributed by atoms with Gasteiger partial charge in [-0.2, -0.15) is 5.26 Å². The van der Waals surface area contributed by atoms with Gasteiger partial charge in [0.1, 0.15) is 6.04 Å². The summed E-state index contributed by atoms with van der Waals surface area (Å²) in [5.74, 6) is -3.13. The molecule has 106 valence electrons. The summed E-state index contributed by atoms with van der Waals surface area (Å²) in [6.07, 6.45) is -0.702. The van der Waals surface area contributed by atoms with Gasteiger partial charge in [-0.05, 0) is 13.8 Å². The summed E-state index contributed by atoms with van der Waals surface area (Å²) < 4.78 is 0. The summed E-state index contributed by atoms with van der Waals surface area (Å²) in [7, 11) is 0. The Labute approximate surface area is 110 Å². The average molecular weight is 271 g/mol. The lowest BCUT2D eigenvalue weighted by atomic mass is 10.2. The predicted molar refractivity (Wildman–Crippen MR) is 64.2 cm³/mol. The largest absolute Gasteiger partial charge is 0.481 e. The molecule has 0 aromatic rings. The number of nitriles is 1. The van der Waals surface area contributed by atoms with E-state index >= 15 is 0 Å². The molecule has 0 aliphatic heterocycles. The number of urea groups is 1. The number of carboxylic acids is 2. The van der Waals surface area contributed by atoms with Crippen LogP contribution in [0.25, 0.3) is 0 Å². The second-order valence-corrected chi connectivity index (χ2v) is 4.01. The number of amides is 2. The Hall–Kier alpha value is -2.30. The Morgan fingerprint density at radius 1 is 1.37 bits per heavy atom. The number of nitrogens with one attached hydrogen (secondary N) is 1. The maximum absolute atomic E-state index is 11.8. The lowest BCUT2D eigenvalue weighted by molar-refractivity contribution is -0.145. The standard InChI is InChI=1S/C11H17N3O5/c1-3-14(6-7(2)5-12)11(19)13-8(10(17)18)4-9(15)16/h7-8H,3-4,6H2,1-2H3,(H,13,19)(H,15,16)(H,17,18). The minimum atomic E-state index is -1.49. The average Bonchev–Trinajstić information content (AvgIpc) is 2.33. The molecule has 0 saturated carbocycles. The summed E-state index contributed by atoms with van der Waals surface area (Å²) in [5, 5.41) is 28.2. The van der Waals surface area contributed by atoms with Crippen molar-refractivity contribution in [2.45, 2.75) is 26.3 Å². The van der Waals surface area contributed by atoms with Gasteiger partial charge in [0, 0.05) is 13.1 Å². The van der Waals surface area contributed by atoms with Gasteiger partial charge >= 0.3 is 18.0 Å². The molecule has 3 N–H and O–H groups in total. The van der Waals surface area contributed by atoms with Gasteiger partial charge in [0.2, 0.25) is 0 Å². The zero-order chi connectivity index (χ0) is 15.0. The summed E-state index contributed by atoms with van der Waals surface area (Å²) in [6.45, 7) is 3.74. The molecule has 0 saturated heterocycles. The van der Waals surface area contributed by atoms with Crippen molar-refractivity contribution in [1.82, 2.24) is 10.2 Å². The number of hydrogen-bond donors (Lipinski definition) is 3. The summed E-state index contributed by atoms with van der Waals surface area (Å²) in [4.78, 5) is 34.3. The van der Waals surface area contributed by atoms with Crippen LogP contribution in [0.5, 0.6) is 0 Å². The quantitative estimate of drug-likeness (QED) is 0.602. The molecule has 0 aromatic carbocycles. The Balaban J connectivity index is 4.64. The highest BCUT2D eigenvalue weighted by Crippen LogP contribution is 2.01. The van der Waals surface area contributed by atoms with Gasteiger partial charge in [0.05, 0.1) is 18.4 Å². The molecule has 8 nitrogen and oxygen atoms in total. The fourth-order valence-electron chi connectivity index (χ4n) is 1.34. The maximum Gasteiger partial charge on any atom is 0.326 e. The van der Waals surface area contributed by atoms with Gasteiger partial charge in [0.15, 0.2) is 0 Å². The van der Waals surface area contributed by atoms with Crippen molar-refractivity contribution >= 4 is 18.0 Å². The molecule has 0 radical (unpaired) electrons. The van der Waals surface area contributed by atoms with Crippen LogP contribution in [0.4, 0.5) is 4.79 Å². The van der Waals surface area contributed by atoms with E-state index in [9.17, 15) is 14.4 Å². The summed E-state index contributed by atoms with van der Waals surface area (Å²) >= 11 is 0. The van der Waals surface area contributed by atoms with Gasteiger partial charge < -0.3 is 20.4 Å². The Morgan fingerprint density at radius 2 is 1.95 bits per heavy atom. The van der Waals surface area contributed by atoms with Gasteiger partial charge in [-0.3, -0.25) is 4.79 Å². The second-order valence-electron chi connectivity index (χ2n) is 4.01. The normalized spacial score (nSPS) is 12.9. The van der Waals surface area contributed by atoms with Crippen LogP contribution in [-0.2, 0) is 9.59 Å². The molecule has 0 bridgehead atoms. The SMILES string of the molecule is CCN(CC(C)C#N)C(=O)NC(CC(=O)O)C(=O)O. The van der Waals surface area contributed by atoms with Crippen LogP contribution in [0.2, 0.25) is 0 Å². The Bertz CT molecular complexity index is 390. The summed E-state index contributed by atoms with van der Waals surface area (Å²) in [6, 6.07) is -0.225. The first-order chi connectivity index (χ1) is 8.81. The number of hydrogen-bond acceptors (Lipinski definition) is 4. The minimum Gasteiger partial charge on any atom is -0.481 e. The van der Waals surface area contributed by atoms with Gasteiger partial charge in [-0.15, -0.1) is 0 Å². The molecule has 19 heavy (non-hydrogen) atoms. The van der Waals surface area contributed by atoms with Crippen LogP contribution in [0.1, 0.15) is 20.3 Å². The number of carboxylic acid groups (broad SMARTS) is 2. The van der Waals surface area contributed by atoms with E-state index in [2.05, 4.69) is 5.32 Å². The molecular formula is C11H17N3O5. The molecule has 2 atom stereocenters. The van der Waals surface area contributed by atoms with Crippen molar-refractivity contribution < 1.29 is 24.6 Å². The molecular weight excluding hydrogens is 254 g/mol. The number of nitrogens with zero attached hydrogens (tertiary/aromatic N) is 2. The van der Waals surface area contributed by atoms with E-state index in [4.69, 9.17) is 15.5 Å². The van der Waals surface area contributed by atoms with E-state index in [-0.39, 0.29) is 13.1 Å². The number of aliphatic carboxylic acids is 2. The topological polar surface area (TPSA) is 131 Å². The fourth-order valence-corrected chi connectivity index (χ4v) is 1.34. The van der Waals surface area contributed by atoms with Crippen LogP contribution in [0.3, 0.4) is 0 Å². The molecule has 0 aliphatic rings. The first kappa shape index (κ1) is 16.7. The first-order valence-corrected chi connectivity index (χ1v) is 5.71. The van der Waals surface area contributed by atoms with E-state index in [1.54, 1.807) is 13.8 Å². The lowest BCUT2D eigenvalue weighted by Gasteiger charge is -2.24. The third-order valence-corrected chi connectivity index (χ3v) is 2.36. The molecule has 2 unspecified atom stereocenters. The minimum absolute atomic E-state index is 0.151. The Kier molecular flexibility index (Phi) is 6.96. The van der Waals surface area contributed by atoms with Crippen molar-refractivity contribution in [3.05, 3.63) is 0 Å². The zero-order valence-corrected chi connectivity index (χ0v) is 10.8. The monoisotopic (exact) mass is 271 g/mol. The number of carbonyl (C=O) groups is 3. The van der Waals surface area contributed by atoms with Gasteiger partial charge in [-0.1, -0.05) is 0 Å². The molecule has 2 amide bonds. The van der Waals surface area contributed by atoms with Gasteiger partial charge in [0.25, 0.3) is 0 Å². The third kappa shape index (κ3) is 6.26. The molecule has 0 aromatic heterocycles. The highest BCUT2D eigenvalue weighted by Gasteiger charge is 2.25. The predicted octanol–water partition coefficient (Wildman–Crippen LogP) is 0.105. The highest BCUT2D eigenvalue weighted by atomic mass is 16.4. The van der Waals surface area contributed by atoms with Crippen LogP contribution in [0, 0.1) is 17.2 Å². The number of rotatable bonds is 7. The van der Waals surface area contributed by atoms with Crippen molar-refractivity contribution in [1.29, 1.82) is 5.26 Å². The third-order valence-electron chi connectivity index (χ3n) is 2.36. The van der Waals surface area contributed by atoms with Crippen molar-refractivity contribution in [3.8, 4) is 6.07 Å². The van der Waals surface area contributed by atoms with Crippen LogP contribution in [-0.4, -0.2) is 52.2 Å². The lowest BCUT2D eigenvalue weighted by Crippen LogP contribution is -2.49. The van der Waals surface area contributed by atoms with Gasteiger partial charge in [-0.25, -0.2) is 9.59 Å². The Morgan fingerprint density at radius 3 is 2.32 bits per heavy atom. The van der Waals surface area contributed by atoms with Crippen LogP contribution < -0.4 is 5.32 Å². The molecule has 0 aliphatic carbocycles. The van der Waals surface area contributed by atoms with Crippen LogP contribution >= 0.6 is 0 Å². The maximum atomic E-state index is 11.8. The smallest absolute Gasteiger partial charge is 0.326 e.